The van der Waals surface area contributed by atoms with Crippen molar-refractivity contribution in [2.24, 2.45) is 5.92 Å². The number of rotatable bonds is 4. The Kier molecular flexibility index (Phi) is 5.28. The first-order valence-corrected chi connectivity index (χ1v) is 8.05. The lowest BCUT2D eigenvalue weighted by Gasteiger charge is -2.22. The molecular formula is C15H22N2OS. The van der Waals surface area contributed by atoms with E-state index in [1.54, 1.807) is 11.8 Å². The molecular weight excluding hydrogens is 256 g/mol. The van der Waals surface area contributed by atoms with Crippen molar-refractivity contribution in [3.63, 3.8) is 0 Å². The second kappa shape index (κ2) is 6.96. The summed E-state index contributed by atoms with van der Waals surface area (Å²) < 4.78 is 0. The van der Waals surface area contributed by atoms with Gasteiger partial charge in [0.2, 0.25) is 5.91 Å². The average Bonchev–Trinajstić information content (AvgIpc) is 2.46. The van der Waals surface area contributed by atoms with Gasteiger partial charge < -0.3 is 10.6 Å². The van der Waals surface area contributed by atoms with Crippen LogP contribution in [0.3, 0.4) is 0 Å². The zero-order valence-electron chi connectivity index (χ0n) is 11.7. The highest BCUT2D eigenvalue weighted by Gasteiger charge is 2.20. The molecule has 1 amide bonds. The molecule has 1 aromatic carbocycles. The first kappa shape index (κ1) is 14.4. The van der Waals surface area contributed by atoms with E-state index in [0.717, 1.165) is 25.9 Å². The monoisotopic (exact) mass is 278 g/mol. The summed E-state index contributed by atoms with van der Waals surface area (Å²) in [6.07, 6.45) is 3.98. The van der Waals surface area contributed by atoms with Gasteiger partial charge in [0.1, 0.15) is 0 Å². The summed E-state index contributed by atoms with van der Waals surface area (Å²) in [6.45, 7) is 4.65. The fraction of sp³-hybridized carbons (Fsp3) is 0.533. The molecule has 0 bridgehead atoms. The van der Waals surface area contributed by atoms with Gasteiger partial charge in [-0.15, -0.1) is 11.8 Å². The van der Waals surface area contributed by atoms with Crippen LogP contribution < -0.4 is 10.6 Å². The third-order valence-electron chi connectivity index (χ3n) is 3.61. The molecule has 0 saturated carbocycles. The summed E-state index contributed by atoms with van der Waals surface area (Å²) in [5.74, 6) is 0.388. The molecule has 3 nitrogen and oxygen atoms in total. The Labute approximate surface area is 119 Å². The maximum Gasteiger partial charge on any atom is 0.223 e. The van der Waals surface area contributed by atoms with Gasteiger partial charge in [0.05, 0.1) is 0 Å². The summed E-state index contributed by atoms with van der Waals surface area (Å²) in [7, 11) is 0. The Morgan fingerprint density at radius 1 is 1.42 bits per heavy atom. The van der Waals surface area contributed by atoms with Crippen molar-refractivity contribution in [3.05, 3.63) is 29.3 Å². The van der Waals surface area contributed by atoms with Gasteiger partial charge in [-0.05, 0) is 56.3 Å². The molecule has 1 heterocycles. The van der Waals surface area contributed by atoms with Gasteiger partial charge in [-0.3, -0.25) is 4.79 Å². The van der Waals surface area contributed by atoms with Crippen LogP contribution in [0.25, 0.3) is 0 Å². The SMILES string of the molecule is CSc1cc(C)ccc1CNC(=O)C1CCNCC1. The highest BCUT2D eigenvalue weighted by Crippen LogP contribution is 2.22. The zero-order valence-corrected chi connectivity index (χ0v) is 12.5. The Morgan fingerprint density at radius 3 is 2.84 bits per heavy atom. The largest absolute Gasteiger partial charge is 0.352 e. The summed E-state index contributed by atoms with van der Waals surface area (Å²) in [6, 6.07) is 6.40. The topological polar surface area (TPSA) is 41.1 Å². The molecule has 0 unspecified atom stereocenters. The lowest BCUT2D eigenvalue weighted by Crippen LogP contribution is -2.37. The second-order valence-electron chi connectivity index (χ2n) is 5.06. The average molecular weight is 278 g/mol. The van der Waals surface area contributed by atoms with Crippen molar-refractivity contribution in [2.45, 2.75) is 31.2 Å². The van der Waals surface area contributed by atoms with Crippen LogP contribution in [0.1, 0.15) is 24.0 Å². The molecule has 0 radical (unpaired) electrons. The Morgan fingerprint density at radius 2 is 2.16 bits per heavy atom. The molecule has 1 aliphatic rings. The van der Waals surface area contributed by atoms with Crippen molar-refractivity contribution in [3.8, 4) is 0 Å². The molecule has 1 aromatic rings. The summed E-state index contributed by atoms with van der Waals surface area (Å²) in [5, 5.41) is 6.37. The Balaban J connectivity index is 1.92. The van der Waals surface area contributed by atoms with Crippen molar-refractivity contribution >= 4 is 17.7 Å². The van der Waals surface area contributed by atoms with Gasteiger partial charge >= 0.3 is 0 Å². The van der Waals surface area contributed by atoms with E-state index in [0.29, 0.717) is 6.54 Å². The number of hydrogen-bond donors (Lipinski definition) is 2. The molecule has 1 aliphatic heterocycles. The van der Waals surface area contributed by atoms with E-state index in [-0.39, 0.29) is 11.8 Å². The first-order valence-electron chi connectivity index (χ1n) is 6.82. The molecule has 0 spiro atoms. The minimum absolute atomic E-state index is 0.185. The number of carbonyl (C=O) groups excluding carboxylic acids is 1. The third kappa shape index (κ3) is 3.98. The van der Waals surface area contributed by atoms with Crippen molar-refractivity contribution in [1.29, 1.82) is 0 Å². The van der Waals surface area contributed by atoms with Crippen LogP contribution in [0.2, 0.25) is 0 Å². The number of piperidine rings is 1. The van der Waals surface area contributed by atoms with Crippen LogP contribution in [0.4, 0.5) is 0 Å². The van der Waals surface area contributed by atoms with E-state index in [2.05, 4.69) is 42.0 Å². The lowest BCUT2D eigenvalue weighted by molar-refractivity contribution is -0.125. The van der Waals surface area contributed by atoms with E-state index in [1.807, 2.05) is 0 Å². The molecule has 4 heteroatoms. The predicted octanol–water partition coefficient (Wildman–Crippen LogP) is 2.33. The van der Waals surface area contributed by atoms with Gasteiger partial charge in [-0.1, -0.05) is 12.1 Å². The summed E-state index contributed by atoms with van der Waals surface area (Å²) in [5.41, 5.74) is 2.47. The van der Waals surface area contributed by atoms with Crippen LogP contribution in [0, 0.1) is 12.8 Å². The third-order valence-corrected chi connectivity index (χ3v) is 4.43. The van der Waals surface area contributed by atoms with E-state index >= 15 is 0 Å². The standard InChI is InChI=1S/C15H22N2OS/c1-11-3-4-13(14(9-11)19-2)10-17-15(18)12-5-7-16-8-6-12/h3-4,9,12,16H,5-8,10H2,1-2H3,(H,17,18). The van der Waals surface area contributed by atoms with Gasteiger partial charge in [-0.25, -0.2) is 0 Å². The van der Waals surface area contributed by atoms with Gasteiger partial charge in [0.25, 0.3) is 0 Å². The summed E-state index contributed by atoms with van der Waals surface area (Å²) >= 11 is 1.74. The van der Waals surface area contributed by atoms with E-state index < -0.39 is 0 Å². The fourth-order valence-electron chi connectivity index (χ4n) is 2.41. The maximum absolute atomic E-state index is 12.1. The van der Waals surface area contributed by atoms with E-state index in [1.165, 1.54) is 16.0 Å². The number of benzene rings is 1. The van der Waals surface area contributed by atoms with Crippen molar-refractivity contribution in [2.75, 3.05) is 19.3 Å². The molecule has 0 aliphatic carbocycles. The Bertz CT molecular complexity index is 442. The number of nitrogens with one attached hydrogen (secondary N) is 2. The van der Waals surface area contributed by atoms with Crippen LogP contribution in [-0.4, -0.2) is 25.3 Å². The molecule has 0 aromatic heterocycles. The molecule has 0 atom stereocenters. The number of amides is 1. The zero-order chi connectivity index (χ0) is 13.7. The fourth-order valence-corrected chi connectivity index (χ4v) is 3.11. The summed E-state index contributed by atoms with van der Waals surface area (Å²) in [4.78, 5) is 13.3. The second-order valence-corrected chi connectivity index (χ2v) is 5.91. The van der Waals surface area contributed by atoms with E-state index in [4.69, 9.17) is 0 Å². The molecule has 1 saturated heterocycles. The van der Waals surface area contributed by atoms with Gasteiger partial charge in [0, 0.05) is 17.4 Å². The lowest BCUT2D eigenvalue weighted by atomic mass is 9.97. The maximum atomic E-state index is 12.1. The van der Waals surface area contributed by atoms with Crippen LogP contribution in [0.5, 0.6) is 0 Å². The van der Waals surface area contributed by atoms with E-state index in [9.17, 15) is 4.79 Å². The number of aryl methyl sites for hydroxylation is 1. The number of thioether (sulfide) groups is 1. The highest BCUT2D eigenvalue weighted by molar-refractivity contribution is 7.98. The van der Waals surface area contributed by atoms with Gasteiger partial charge in [0.15, 0.2) is 0 Å². The molecule has 1 fully saturated rings. The molecule has 2 rings (SSSR count). The van der Waals surface area contributed by atoms with Crippen LogP contribution in [-0.2, 0) is 11.3 Å². The number of hydrogen-bond acceptors (Lipinski definition) is 3. The number of carbonyl (C=O) groups is 1. The van der Waals surface area contributed by atoms with Gasteiger partial charge in [-0.2, -0.15) is 0 Å². The highest BCUT2D eigenvalue weighted by atomic mass is 32.2. The van der Waals surface area contributed by atoms with Crippen molar-refractivity contribution in [1.82, 2.24) is 10.6 Å². The predicted molar refractivity (Wildman–Crippen MR) is 80.4 cm³/mol. The van der Waals surface area contributed by atoms with Crippen LogP contribution >= 0.6 is 11.8 Å². The molecule has 19 heavy (non-hydrogen) atoms. The normalized spacial score (nSPS) is 16.3. The van der Waals surface area contributed by atoms with Crippen molar-refractivity contribution < 1.29 is 4.79 Å². The van der Waals surface area contributed by atoms with Crippen LogP contribution in [0.15, 0.2) is 23.1 Å². The molecule has 2 N–H and O–H groups in total. The quantitative estimate of drug-likeness (QED) is 0.831. The Hall–Kier alpha value is -1.00. The molecule has 104 valence electrons. The minimum atomic E-state index is 0.185. The smallest absolute Gasteiger partial charge is 0.223 e. The minimum Gasteiger partial charge on any atom is -0.352 e. The first-order chi connectivity index (χ1) is 9.20.